The molecule has 0 fully saturated rings. The quantitative estimate of drug-likeness (QED) is 0.636. The maximum atomic E-state index is 9.71. The third-order valence-corrected chi connectivity index (χ3v) is 2.35. The van der Waals surface area contributed by atoms with E-state index in [2.05, 4.69) is 5.92 Å². The van der Waals surface area contributed by atoms with Crippen molar-refractivity contribution in [2.75, 3.05) is 6.61 Å². The van der Waals surface area contributed by atoms with Gasteiger partial charge in [-0.1, -0.05) is 23.1 Å². The fraction of sp³-hybridized carbons (Fsp3) is 0.333. The molecule has 2 heteroatoms. The van der Waals surface area contributed by atoms with E-state index in [-0.39, 0.29) is 0 Å². The lowest BCUT2D eigenvalue weighted by Crippen LogP contribution is -2.02. The van der Waals surface area contributed by atoms with Crippen LogP contribution < -0.4 is 4.74 Å². The molecular weight excluding hydrogens is 212 g/mol. The highest BCUT2D eigenvalue weighted by Gasteiger charge is 2.10. The number of hydrogen-bond acceptors (Lipinski definition) is 2. The Morgan fingerprint density at radius 3 is 2.82 bits per heavy atom. The molecule has 1 rings (SSSR count). The van der Waals surface area contributed by atoms with Crippen LogP contribution in [-0.4, -0.2) is 11.7 Å². The van der Waals surface area contributed by atoms with Gasteiger partial charge in [-0.3, -0.25) is 0 Å². The summed E-state index contributed by atoms with van der Waals surface area (Å²) in [4.78, 5) is 0. The molecule has 1 aromatic rings. The maximum Gasteiger partial charge on any atom is 0.143 e. The molecule has 0 aromatic heterocycles. The Hall–Kier alpha value is -1.72. The normalized spacial score (nSPS) is 11.5. The average Bonchev–Trinajstić information content (AvgIpc) is 2.29. The molecule has 0 bridgehead atoms. The van der Waals surface area contributed by atoms with E-state index >= 15 is 0 Å². The van der Waals surface area contributed by atoms with Crippen molar-refractivity contribution in [2.45, 2.75) is 26.9 Å². The summed E-state index contributed by atoms with van der Waals surface area (Å²) in [6.07, 6.45) is 6.29. The Morgan fingerprint density at radius 1 is 1.53 bits per heavy atom. The molecule has 0 aliphatic carbocycles. The Labute approximate surface area is 103 Å². The third kappa shape index (κ3) is 3.97. The van der Waals surface area contributed by atoms with Crippen LogP contribution in [0.2, 0.25) is 0 Å². The molecule has 17 heavy (non-hydrogen) atoms. The van der Waals surface area contributed by atoms with E-state index in [1.165, 1.54) is 5.57 Å². The topological polar surface area (TPSA) is 29.5 Å². The number of ether oxygens (including phenoxy) is 1. The number of allylic oxidation sites excluding steroid dienone is 1. The van der Waals surface area contributed by atoms with Gasteiger partial charge in [0.2, 0.25) is 0 Å². The summed E-state index contributed by atoms with van der Waals surface area (Å²) in [5.41, 5.74) is 2.88. The number of rotatable bonds is 4. The smallest absolute Gasteiger partial charge is 0.143 e. The predicted molar refractivity (Wildman–Crippen MR) is 69.9 cm³/mol. The lowest BCUT2D eigenvalue weighted by atomic mass is 10.1. The van der Waals surface area contributed by atoms with Crippen molar-refractivity contribution < 1.29 is 9.84 Å². The molecule has 0 saturated carbocycles. The van der Waals surface area contributed by atoms with Crippen molar-refractivity contribution in [2.24, 2.45) is 0 Å². The molecule has 0 heterocycles. The molecule has 0 spiro atoms. The number of aliphatic hydroxyl groups excluding tert-OH is 1. The fourth-order valence-electron chi connectivity index (χ4n) is 1.40. The number of hydrogen-bond donors (Lipinski definition) is 1. The number of terminal acetylenes is 1. The highest BCUT2D eigenvalue weighted by atomic mass is 16.5. The van der Waals surface area contributed by atoms with E-state index in [0.717, 1.165) is 5.56 Å². The number of aliphatic hydroxyl groups is 1. The van der Waals surface area contributed by atoms with Gasteiger partial charge in [0, 0.05) is 5.56 Å². The Morgan fingerprint density at radius 2 is 2.24 bits per heavy atom. The van der Waals surface area contributed by atoms with Crippen LogP contribution in [0.25, 0.3) is 0 Å². The van der Waals surface area contributed by atoms with E-state index in [1.54, 1.807) is 0 Å². The Bertz CT molecular complexity index is 448. The Kier molecular flexibility index (Phi) is 4.81. The molecule has 90 valence electrons. The molecular formula is C15H18O2. The van der Waals surface area contributed by atoms with Gasteiger partial charge in [-0.15, -0.1) is 6.42 Å². The van der Waals surface area contributed by atoms with Gasteiger partial charge in [-0.05, 0) is 39.0 Å². The van der Waals surface area contributed by atoms with Crippen molar-refractivity contribution in [1.29, 1.82) is 0 Å². The van der Waals surface area contributed by atoms with Gasteiger partial charge in [0.05, 0.1) is 0 Å². The zero-order chi connectivity index (χ0) is 12.8. The first-order valence-electron chi connectivity index (χ1n) is 5.55. The molecule has 2 nitrogen and oxygen atoms in total. The van der Waals surface area contributed by atoms with Crippen molar-refractivity contribution in [3.8, 4) is 18.1 Å². The maximum absolute atomic E-state index is 9.71. The molecule has 1 N–H and O–H groups in total. The summed E-state index contributed by atoms with van der Waals surface area (Å²) in [7, 11) is 0. The predicted octanol–water partition coefficient (Wildman–Crippen LogP) is 3.01. The van der Waals surface area contributed by atoms with E-state index in [0.29, 0.717) is 17.9 Å². The van der Waals surface area contributed by atoms with Gasteiger partial charge < -0.3 is 9.84 Å². The van der Waals surface area contributed by atoms with E-state index < -0.39 is 6.10 Å². The van der Waals surface area contributed by atoms with E-state index in [9.17, 15) is 5.11 Å². The average molecular weight is 230 g/mol. The number of benzene rings is 1. The van der Waals surface area contributed by atoms with Crippen LogP contribution in [0.1, 0.15) is 31.1 Å². The minimum absolute atomic E-state index is 0.482. The second-order valence-corrected chi connectivity index (χ2v) is 4.20. The second-order valence-electron chi connectivity index (χ2n) is 4.20. The first-order chi connectivity index (χ1) is 8.04. The van der Waals surface area contributed by atoms with Gasteiger partial charge in [0.15, 0.2) is 0 Å². The SMILES string of the molecule is C#CC(O)c1cc(C)ccc1OCC=C(C)C. The van der Waals surface area contributed by atoms with Gasteiger partial charge in [-0.25, -0.2) is 0 Å². The molecule has 1 unspecified atom stereocenters. The third-order valence-electron chi connectivity index (χ3n) is 2.35. The minimum atomic E-state index is -0.920. The summed E-state index contributed by atoms with van der Waals surface area (Å²) in [6.45, 7) is 6.45. The fourth-order valence-corrected chi connectivity index (χ4v) is 1.40. The van der Waals surface area contributed by atoms with E-state index in [1.807, 2.05) is 45.0 Å². The molecule has 0 amide bonds. The van der Waals surface area contributed by atoms with Crippen molar-refractivity contribution >= 4 is 0 Å². The highest BCUT2D eigenvalue weighted by Crippen LogP contribution is 2.26. The standard InChI is InChI=1S/C15H18O2/c1-5-14(16)13-10-12(4)6-7-15(13)17-9-8-11(2)3/h1,6-8,10,14,16H,9H2,2-4H3. The summed E-state index contributed by atoms with van der Waals surface area (Å²) in [6, 6.07) is 5.62. The van der Waals surface area contributed by atoms with Gasteiger partial charge in [-0.2, -0.15) is 0 Å². The molecule has 0 aliphatic rings. The zero-order valence-electron chi connectivity index (χ0n) is 10.5. The monoisotopic (exact) mass is 230 g/mol. The van der Waals surface area contributed by atoms with Gasteiger partial charge >= 0.3 is 0 Å². The minimum Gasteiger partial charge on any atom is -0.489 e. The van der Waals surface area contributed by atoms with Crippen LogP contribution in [0.15, 0.2) is 29.8 Å². The van der Waals surface area contributed by atoms with Crippen LogP contribution in [0.3, 0.4) is 0 Å². The molecule has 0 saturated heterocycles. The van der Waals surface area contributed by atoms with Crippen molar-refractivity contribution in [3.63, 3.8) is 0 Å². The lowest BCUT2D eigenvalue weighted by molar-refractivity contribution is 0.230. The lowest BCUT2D eigenvalue weighted by Gasteiger charge is -2.12. The number of aryl methyl sites for hydroxylation is 1. The molecule has 1 atom stereocenters. The first-order valence-corrected chi connectivity index (χ1v) is 5.55. The van der Waals surface area contributed by atoms with Crippen LogP contribution >= 0.6 is 0 Å². The summed E-state index contributed by atoms with van der Waals surface area (Å²) in [5.74, 6) is 2.95. The largest absolute Gasteiger partial charge is 0.489 e. The van der Waals surface area contributed by atoms with Crippen LogP contribution in [0.5, 0.6) is 5.75 Å². The Balaban J connectivity index is 2.91. The van der Waals surface area contributed by atoms with Gasteiger partial charge in [0.1, 0.15) is 18.5 Å². The van der Waals surface area contributed by atoms with Crippen LogP contribution in [-0.2, 0) is 0 Å². The van der Waals surface area contributed by atoms with Crippen molar-refractivity contribution in [1.82, 2.24) is 0 Å². The van der Waals surface area contributed by atoms with Gasteiger partial charge in [0.25, 0.3) is 0 Å². The summed E-state index contributed by atoms with van der Waals surface area (Å²) >= 11 is 0. The summed E-state index contributed by atoms with van der Waals surface area (Å²) in [5, 5.41) is 9.71. The second kappa shape index (κ2) is 6.12. The van der Waals surface area contributed by atoms with Crippen LogP contribution in [0, 0.1) is 19.3 Å². The van der Waals surface area contributed by atoms with E-state index in [4.69, 9.17) is 11.2 Å². The molecule has 0 aliphatic heterocycles. The zero-order valence-corrected chi connectivity index (χ0v) is 10.5. The van der Waals surface area contributed by atoms with Crippen molar-refractivity contribution in [3.05, 3.63) is 41.0 Å². The molecule has 1 aromatic carbocycles. The highest BCUT2D eigenvalue weighted by molar-refractivity contribution is 5.41. The first kappa shape index (κ1) is 13.3. The van der Waals surface area contributed by atoms with Crippen LogP contribution in [0.4, 0.5) is 0 Å². The summed E-state index contributed by atoms with van der Waals surface area (Å²) < 4.78 is 5.59. The molecule has 0 radical (unpaired) electrons.